The van der Waals surface area contributed by atoms with Gasteiger partial charge in [0, 0.05) is 21.6 Å². The number of rotatable bonds is 7. The van der Waals surface area contributed by atoms with Gasteiger partial charge in [-0.1, -0.05) is 19.1 Å². The molecule has 0 aliphatic rings. The molecule has 0 N–H and O–H groups in total. The molecule has 3 nitrogen and oxygen atoms in total. The summed E-state index contributed by atoms with van der Waals surface area (Å²) in [5, 5.41) is 3.12. The number of thiazole rings is 1. The van der Waals surface area contributed by atoms with Crippen LogP contribution in [0.25, 0.3) is 10.6 Å². The summed E-state index contributed by atoms with van der Waals surface area (Å²) < 4.78 is 10.7. The van der Waals surface area contributed by atoms with Crippen LogP contribution in [0.5, 0.6) is 11.5 Å². The number of aryl methyl sites for hydroxylation is 1. The van der Waals surface area contributed by atoms with Crippen molar-refractivity contribution in [2.24, 2.45) is 0 Å². The molecule has 0 aliphatic heterocycles. The van der Waals surface area contributed by atoms with Gasteiger partial charge in [0.25, 0.3) is 0 Å². The van der Waals surface area contributed by atoms with E-state index >= 15 is 0 Å². The van der Waals surface area contributed by atoms with Gasteiger partial charge in [0.2, 0.25) is 0 Å². The van der Waals surface area contributed by atoms with Gasteiger partial charge in [-0.25, -0.2) is 4.98 Å². The molecule has 1 aromatic heterocycles. The van der Waals surface area contributed by atoms with Crippen LogP contribution in [0.3, 0.4) is 0 Å². The summed E-state index contributed by atoms with van der Waals surface area (Å²) in [5.41, 5.74) is 3.51. The Morgan fingerprint density at radius 2 is 1.76 bits per heavy atom. The average Bonchev–Trinajstić information content (AvgIpc) is 3.15. The third-order valence-electron chi connectivity index (χ3n) is 3.90. The lowest BCUT2D eigenvalue weighted by Crippen LogP contribution is -1.90. The van der Waals surface area contributed by atoms with E-state index in [1.54, 1.807) is 25.6 Å². The van der Waals surface area contributed by atoms with Crippen LogP contribution in [0.15, 0.2) is 52.7 Å². The minimum Gasteiger partial charge on any atom is -0.493 e. The molecule has 0 radical (unpaired) electrons. The van der Waals surface area contributed by atoms with Crippen molar-refractivity contribution >= 4 is 23.1 Å². The van der Waals surface area contributed by atoms with Crippen molar-refractivity contribution in [2.75, 3.05) is 14.2 Å². The van der Waals surface area contributed by atoms with Crippen LogP contribution in [0.1, 0.15) is 18.2 Å². The smallest absolute Gasteiger partial charge is 0.161 e. The molecule has 0 spiro atoms. The van der Waals surface area contributed by atoms with Crippen LogP contribution >= 0.6 is 23.1 Å². The highest BCUT2D eigenvalue weighted by Crippen LogP contribution is 2.34. The number of ether oxygens (including phenoxy) is 2. The highest BCUT2D eigenvalue weighted by atomic mass is 32.2. The van der Waals surface area contributed by atoms with Crippen molar-refractivity contribution in [3.05, 3.63) is 59.1 Å². The van der Waals surface area contributed by atoms with Gasteiger partial charge in [-0.2, -0.15) is 0 Å². The summed E-state index contributed by atoms with van der Waals surface area (Å²) in [4.78, 5) is 6.04. The molecule has 0 fully saturated rings. The fourth-order valence-electron chi connectivity index (χ4n) is 2.45. The summed E-state index contributed by atoms with van der Waals surface area (Å²) >= 11 is 3.47. The average molecular weight is 372 g/mol. The number of nitrogens with zero attached hydrogens (tertiary/aromatic N) is 1. The quantitative estimate of drug-likeness (QED) is 0.500. The van der Waals surface area contributed by atoms with E-state index in [-0.39, 0.29) is 0 Å². The molecule has 2 aromatic carbocycles. The largest absolute Gasteiger partial charge is 0.493 e. The van der Waals surface area contributed by atoms with Crippen LogP contribution in [-0.2, 0) is 12.2 Å². The van der Waals surface area contributed by atoms with Crippen LogP contribution in [-0.4, -0.2) is 19.2 Å². The summed E-state index contributed by atoms with van der Waals surface area (Å²) in [5.74, 6) is 2.33. The van der Waals surface area contributed by atoms with Crippen LogP contribution in [0.4, 0.5) is 0 Å². The van der Waals surface area contributed by atoms with Gasteiger partial charge >= 0.3 is 0 Å². The third-order valence-corrected chi connectivity index (χ3v) is 5.89. The first kappa shape index (κ1) is 17.8. The number of hydrogen-bond donors (Lipinski definition) is 0. The Hall–Kier alpha value is -1.98. The molecule has 5 heteroatoms. The fourth-order valence-corrected chi connectivity index (χ4v) is 4.17. The van der Waals surface area contributed by atoms with E-state index < -0.39 is 0 Å². The van der Waals surface area contributed by atoms with E-state index in [2.05, 4.69) is 36.6 Å². The fraction of sp³-hybridized carbons (Fsp3) is 0.250. The van der Waals surface area contributed by atoms with Gasteiger partial charge < -0.3 is 9.47 Å². The van der Waals surface area contributed by atoms with E-state index in [9.17, 15) is 0 Å². The van der Waals surface area contributed by atoms with Crippen LogP contribution in [0.2, 0.25) is 0 Å². The van der Waals surface area contributed by atoms with Crippen molar-refractivity contribution in [3.8, 4) is 22.1 Å². The van der Waals surface area contributed by atoms with Gasteiger partial charge in [0.15, 0.2) is 11.5 Å². The van der Waals surface area contributed by atoms with Crippen molar-refractivity contribution in [1.29, 1.82) is 0 Å². The van der Waals surface area contributed by atoms with E-state index in [4.69, 9.17) is 14.5 Å². The molecule has 25 heavy (non-hydrogen) atoms. The molecule has 0 unspecified atom stereocenters. The number of thioether (sulfide) groups is 1. The normalized spacial score (nSPS) is 10.7. The summed E-state index contributed by atoms with van der Waals surface area (Å²) in [7, 11) is 3.29. The molecule has 0 saturated heterocycles. The van der Waals surface area contributed by atoms with Gasteiger partial charge in [0.1, 0.15) is 5.01 Å². The van der Waals surface area contributed by atoms with Crippen molar-refractivity contribution in [2.45, 2.75) is 24.0 Å². The molecule has 0 saturated carbocycles. The lowest BCUT2D eigenvalue weighted by molar-refractivity contribution is 0.355. The van der Waals surface area contributed by atoms with E-state index in [1.807, 2.05) is 30.0 Å². The molecular formula is C20H21NO2S2. The summed E-state index contributed by atoms with van der Waals surface area (Å²) in [6.45, 7) is 2.17. The maximum absolute atomic E-state index is 5.38. The number of benzene rings is 2. The summed E-state index contributed by atoms with van der Waals surface area (Å²) in [6, 6.07) is 14.7. The molecule has 1 heterocycles. The lowest BCUT2D eigenvalue weighted by Gasteiger charge is -2.08. The number of aromatic nitrogens is 1. The van der Waals surface area contributed by atoms with Gasteiger partial charge in [0.05, 0.1) is 19.9 Å². The minimum absolute atomic E-state index is 0.724. The Bertz CT molecular complexity index is 828. The predicted molar refractivity (Wildman–Crippen MR) is 106 cm³/mol. The number of hydrogen-bond acceptors (Lipinski definition) is 5. The topological polar surface area (TPSA) is 31.4 Å². The summed E-state index contributed by atoms with van der Waals surface area (Å²) in [6.07, 6.45) is 1.08. The van der Waals surface area contributed by atoms with E-state index in [0.29, 0.717) is 0 Å². The Balaban J connectivity index is 1.69. The standard InChI is InChI=1S/C20H21NO2S2/c1-4-14-5-8-17(9-6-14)24-12-16-13-25-20(21-16)15-7-10-18(22-2)19(11-15)23-3/h5-11,13H,4,12H2,1-3H3. The second-order valence-electron chi connectivity index (χ2n) is 5.50. The maximum Gasteiger partial charge on any atom is 0.161 e. The second-order valence-corrected chi connectivity index (χ2v) is 7.41. The second kappa shape index (κ2) is 8.41. The third kappa shape index (κ3) is 4.35. The molecule has 130 valence electrons. The van der Waals surface area contributed by atoms with Gasteiger partial charge in [-0.05, 0) is 42.3 Å². The Morgan fingerprint density at radius 3 is 2.44 bits per heavy atom. The SMILES string of the molecule is CCc1ccc(SCc2csc(-c3ccc(OC)c(OC)c3)n2)cc1. The van der Waals surface area contributed by atoms with Crippen molar-refractivity contribution in [1.82, 2.24) is 4.98 Å². The van der Waals surface area contributed by atoms with Crippen LogP contribution in [0, 0.1) is 0 Å². The van der Waals surface area contributed by atoms with E-state index in [1.165, 1.54) is 10.5 Å². The first-order chi connectivity index (χ1) is 12.2. The first-order valence-corrected chi connectivity index (χ1v) is 9.98. The predicted octanol–water partition coefficient (Wildman–Crippen LogP) is 5.68. The Morgan fingerprint density at radius 1 is 1.00 bits per heavy atom. The Labute approximate surface area is 157 Å². The molecule has 0 bridgehead atoms. The maximum atomic E-state index is 5.38. The van der Waals surface area contributed by atoms with Gasteiger partial charge in [-0.3, -0.25) is 0 Å². The molecule has 0 amide bonds. The molecule has 0 aliphatic carbocycles. The molecule has 3 aromatic rings. The van der Waals surface area contributed by atoms with Crippen molar-refractivity contribution < 1.29 is 9.47 Å². The zero-order chi connectivity index (χ0) is 17.6. The minimum atomic E-state index is 0.724. The zero-order valence-corrected chi connectivity index (χ0v) is 16.2. The highest BCUT2D eigenvalue weighted by Gasteiger charge is 2.10. The zero-order valence-electron chi connectivity index (χ0n) is 14.6. The van der Waals surface area contributed by atoms with Crippen molar-refractivity contribution in [3.63, 3.8) is 0 Å². The monoisotopic (exact) mass is 371 g/mol. The molecule has 0 atom stereocenters. The van der Waals surface area contributed by atoms with Crippen LogP contribution < -0.4 is 9.47 Å². The number of methoxy groups -OCH3 is 2. The highest BCUT2D eigenvalue weighted by molar-refractivity contribution is 7.98. The first-order valence-electron chi connectivity index (χ1n) is 8.12. The molecular weight excluding hydrogens is 350 g/mol. The lowest BCUT2D eigenvalue weighted by atomic mass is 10.2. The van der Waals surface area contributed by atoms with Gasteiger partial charge in [-0.15, -0.1) is 23.1 Å². The van der Waals surface area contributed by atoms with E-state index in [0.717, 1.165) is 39.9 Å². The molecule has 3 rings (SSSR count). The Kier molecular flexibility index (Phi) is 6.00.